The number of anilines is 1. The van der Waals surface area contributed by atoms with Crippen LogP contribution in [0.5, 0.6) is 0 Å². The zero-order valence-electron chi connectivity index (χ0n) is 23.4. The van der Waals surface area contributed by atoms with Crippen molar-refractivity contribution in [1.29, 1.82) is 0 Å². The summed E-state index contributed by atoms with van der Waals surface area (Å²) in [7, 11) is -2.90. The third-order valence-electron chi connectivity index (χ3n) is 8.39. The van der Waals surface area contributed by atoms with E-state index in [2.05, 4.69) is 0 Å². The molecule has 0 aromatic heterocycles. The van der Waals surface area contributed by atoms with E-state index in [4.69, 9.17) is 4.74 Å². The van der Waals surface area contributed by atoms with Crippen LogP contribution in [0.15, 0.2) is 84.9 Å². The molecule has 0 saturated carbocycles. The molecule has 5 rings (SSSR count). The number of carbonyl (C=O) groups is 2. The lowest BCUT2D eigenvalue weighted by Crippen LogP contribution is -2.46. The molecule has 40 heavy (non-hydrogen) atoms. The zero-order valence-corrected chi connectivity index (χ0v) is 24.4. The average molecular weight is 559 g/mol. The fourth-order valence-electron chi connectivity index (χ4n) is 6.67. The second-order valence-corrected chi connectivity index (χ2v) is 15.5. The quantitative estimate of drug-likeness (QED) is 0.379. The first kappa shape index (κ1) is 28.2. The van der Waals surface area contributed by atoms with E-state index in [0.717, 1.165) is 22.4 Å². The van der Waals surface area contributed by atoms with Crippen molar-refractivity contribution in [1.82, 2.24) is 4.90 Å². The summed E-state index contributed by atoms with van der Waals surface area (Å²) in [5.74, 6) is -0.665. The minimum atomic E-state index is -2.90. The molecule has 1 saturated heterocycles. The minimum absolute atomic E-state index is 0.0225. The van der Waals surface area contributed by atoms with Crippen LogP contribution >= 0.6 is 0 Å². The Morgan fingerprint density at radius 2 is 1.57 bits per heavy atom. The number of ether oxygens (including phenoxy) is 1. The highest BCUT2D eigenvalue weighted by Gasteiger charge is 2.66. The van der Waals surface area contributed by atoms with Crippen molar-refractivity contribution < 1.29 is 24.2 Å². The Labute approximate surface area is 237 Å². The Kier molecular flexibility index (Phi) is 7.97. The Balaban J connectivity index is 1.48. The molecule has 7 nitrogen and oxygen atoms in total. The standard InChI is InChI=1S/C32H38N2O5Si/c1-23-30(40(2,3)38)28(20-29(36)33(18-19-35)21-24-12-6-4-7-13-24)39-32(23)26-16-10-11-17-27(26)34(31(32)37)22-25-14-8-5-9-15-25/h4-17,23,28,30,35,38H,18-22H2,1-3H3/t23-,28+,30-,32+/m0/s1. The van der Waals surface area contributed by atoms with E-state index in [0.29, 0.717) is 13.1 Å². The van der Waals surface area contributed by atoms with Crippen molar-refractivity contribution >= 4 is 25.8 Å². The molecule has 2 aliphatic rings. The van der Waals surface area contributed by atoms with Crippen LogP contribution in [0.2, 0.25) is 18.6 Å². The van der Waals surface area contributed by atoms with Crippen molar-refractivity contribution in [2.24, 2.45) is 5.92 Å². The number of hydrogen-bond donors (Lipinski definition) is 2. The van der Waals surface area contributed by atoms with Crippen LogP contribution in [-0.2, 0) is 33.0 Å². The van der Waals surface area contributed by atoms with Gasteiger partial charge >= 0.3 is 0 Å². The van der Waals surface area contributed by atoms with Gasteiger partial charge in [0.1, 0.15) is 0 Å². The number of aliphatic hydroxyl groups is 1. The van der Waals surface area contributed by atoms with E-state index in [1.165, 1.54) is 0 Å². The molecule has 3 aromatic rings. The number of carbonyl (C=O) groups excluding carboxylic acids is 2. The fourth-order valence-corrected chi connectivity index (χ4v) is 9.23. The summed E-state index contributed by atoms with van der Waals surface area (Å²) < 4.78 is 6.79. The molecule has 3 aromatic carbocycles. The lowest BCUT2D eigenvalue weighted by atomic mass is 9.82. The molecule has 1 fully saturated rings. The minimum Gasteiger partial charge on any atom is -0.432 e. The summed E-state index contributed by atoms with van der Waals surface area (Å²) in [5.41, 5.74) is 1.93. The molecule has 8 heteroatoms. The van der Waals surface area contributed by atoms with Gasteiger partial charge in [-0.2, -0.15) is 0 Å². The van der Waals surface area contributed by atoms with Crippen molar-refractivity contribution in [2.45, 2.75) is 56.8 Å². The summed E-state index contributed by atoms with van der Waals surface area (Å²) in [6, 6.07) is 27.2. The second-order valence-electron chi connectivity index (χ2n) is 11.5. The SMILES string of the molecule is C[C@H]1[C@H]([Si](C)(C)O)[C@@H](CC(=O)N(CCO)Cc2ccccc2)O[C@]12C(=O)N(Cc1ccccc1)c1ccccc12. The molecule has 2 N–H and O–H groups in total. The number of amides is 2. The topological polar surface area (TPSA) is 90.3 Å². The third-order valence-corrected chi connectivity index (χ3v) is 10.9. The maximum atomic E-state index is 14.4. The second kappa shape index (κ2) is 11.3. The Morgan fingerprint density at radius 3 is 2.20 bits per heavy atom. The van der Waals surface area contributed by atoms with E-state index in [-0.39, 0.29) is 42.8 Å². The summed E-state index contributed by atoms with van der Waals surface area (Å²) >= 11 is 0. The predicted octanol–water partition coefficient (Wildman–Crippen LogP) is 4.44. The molecule has 2 heterocycles. The van der Waals surface area contributed by atoms with E-state index in [1.54, 1.807) is 9.80 Å². The van der Waals surface area contributed by atoms with Gasteiger partial charge in [-0.25, -0.2) is 0 Å². The third kappa shape index (κ3) is 5.12. The summed E-state index contributed by atoms with van der Waals surface area (Å²) in [6.45, 7) is 6.51. The molecular formula is C32H38N2O5Si. The predicted molar refractivity (Wildman–Crippen MR) is 157 cm³/mol. The maximum absolute atomic E-state index is 14.4. The lowest BCUT2D eigenvalue weighted by molar-refractivity contribution is -0.150. The van der Waals surface area contributed by atoms with Gasteiger partial charge in [-0.05, 0) is 30.3 Å². The molecule has 210 valence electrons. The number of aliphatic hydroxyl groups excluding tert-OH is 1. The van der Waals surface area contributed by atoms with Gasteiger partial charge in [0, 0.05) is 30.1 Å². The van der Waals surface area contributed by atoms with E-state index >= 15 is 0 Å². The van der Waals surface area contributed by atoms with Crippen molar-refractivity contribution in [3.05, 3.63) is 102 Å². The molecule has 0 aliphatic carbocycles. The lowest BCUT2D eigenvalue weighted by Gasteiger charge is -2.32. The van der Waals surface area contributed by atoms with Crippen LogP contribution < -0.4 is 4.90 Å². The highest BCUT2D eigenvalue weighted by Crippen LogP contribution is 2.59. The van der Waals surface area contributed by atoms with Gasteiger partial charge in [0.05, 0.1) is 31.4 Å². The number of benzene rings is 3. The van der Waals surface area contributed by atoms with Crippen LogP contribution in [-0.4, -0.2) is 54.2 Å². The first-order valence-electron chi connectivity index (χ1n) is 13.9. The van der Waals surface area contributed by atoms with Crippen LogP contribution in [0.4, 0.5) is 5.69 Å². The molecule has 0 radical (unpaired) electrons. The summed E-state index contributed by atoms with van der Waals surface area (Å²) in [5, 5.41) is 9.70. The summed E-state index contributed by atoms with van der Waals surface area (Å²) in [6.07, 6.45) is -0.617. The average Bonchev–Trinajstić information content (AvgIpc) is 3.36. The van der Waals surface area contributed by atoms with Gasteiger partial charge < -0.3 is 24.4 Å². The van der Waals surface area contributed by atoms with Crippen LogP contribution in [0.25, 0.3) is 0 Å². The van der Waals surface area contributed by atoms with Crippen molar-refractivity contribution in [3.63, 3.8) is 0 Å². The zero-order chi connectivity index (χ0) is 28.5. The fraction of sp³-hybridized carbons (Fsp3) is 0.375. The Hall–Kier alpha value is -3.30. The van der Waals surface area contributed by atoms with Gasteiger partial charge in [-0.1, -0.05) is 85.8 Å². The summed E-state index contributed by atoms with van der Waals surface area (Å²) in [4.78, 5) is 43.0. The maximum Gasteiger partial charge on any atom is 0.264 e. The normalized spacial score (nSPS) is 24.0. The van der Waals surface area contributed by atoms with Gasteiger partial charge in [0.2, 0.25) is 5.91 Å². The number of rotatable bonds is 9. The smallest absolute Gasteiger partial charge is 0.264 e. The molecule has 0 unspecified atom stereocenters. The molecule has 2 aliphatic heterocycles. The first-order valence-corrected chi connectivity index (χ1v) is 17.0. The first-order chi connectivity index (χ1) is 19.2. The molecule has 4 atom stereocenters. The Morgan fingerprint density at radius 1 is 0.975 bits per heavy atom. The number of fused-ring (bicyclic) bond motifs is 2. The van der Waals surface area contributed by atoms with Crippen LogP contribution in [0, 0.1) is 5.92 Å². The van der Waals surface area contributed by atoms with Crippen molar-refractivity contribution in [3.8, 4) is 0 Å². The van der Waals surface area contributed by atoms with E-state index in [9.17, 15) is 19.5 Å². The number of hydrogen-bond acceptors (Lipinski definition) is 5. The van der Waals surface area contributed by atoms with Crippen LogP contribution in [0.3, 0.4) is 0 Å². The largest absolute Gasteiger partial charge is 0.432 e. The van der Waals surface area contributed by atoms with E-state index < -0.39 is 20.0 Å². The van der Waals surface area contributed by atoms with E-state index in [1.807, 2.05) is 105 Å². The molecule has 1 spiro atoms. The highest BCUT2D eigenvalue weighted by molar-refractivity contribution is 6.71. The van der Waals surface area contributed by atoms with Gasteiger partial charge in [0.15, 0.2) is 13.9 Å². The van der Waals surface area contributed by atoms with Gasteiger partial charge in [0.25, 0.3) is 5.91 Å². The monoisotopic (exact) mass is 558 g/mol. The van der Waals surface area contributed by atoms with Crippen LogP contribution in [0.1, 0.15) is 30.0 Å². The van der Waals surface area contributed by atoms with Gasteiger partial charge in [-0.3, -0.25) is 9.59 Å². The Bertz CT molecular complexity index is 1350. The number of nitrogens with zero attached hydrogens (tertiary/aromatic N) is 2. The highest BCUT2D eigenvalue weighted by atomic mass is 28.4. The molecule has 2 amide bonds. The van der Waals surface area contributed by atoms with Crippen molar-refractivity contribution in [2.75, 3.05) is 18.1 Å². The molecule has 0 bridgehead atoms. The van der Waals surface area contributed by atoms with Gasteiger partial charge in [-0.15, -0.1) is 0 Å². The molecular weight excluding hydrogens is 520 g/mol. The number of para-hydroxylation sites is 1.